The molecule has 6 nitrogen and oxygen atoms in total. The summed E-state index contributed by atoms with van der Waals surface area (Å²) in [5.74, 6) is -0.377. The minimum Gasteiger partial charge on any atom is -0.294 e. The summed E-state index contributed by atoms with van der Waals surface area (Å²) in [6.07, 6.45) is 1.89. The fraction of sp³-hybridized carbons (Fsp3) is 0.238. The minimum atomic E-state index is -0.482. The molecule has 7 heteroatoms. The van der Waals surface area contributed by atoms with E-state index in [1.165, 1.54) is 17.0 Å². The molecular weight excluding hydrogens is 424 g/mol. The molecule has 2 aliphatic rings. The molecule has 2 aromatic rings. The van der Waals surface area contributed by atoms with Gasteiger partial charge in [0.1, 0.15) is 0 Å². The van der Waals surface area contributed by atoms with E-state index < -0.39 is 4.92 Å². The average molecular weight is 441 g/mol. The van der Waals surface area contributed by atoms with Gasteiger partial charge in [0.05, 0.1) is 10.6 Å². The van der Waals surface area contributed by atoms with Crippen molar-refractivity contribution in [2.24, 2.45) is 0 Å². The second-order valence-corrected chi connectivity index (χ2v) is 7.87. The monoisotopic (exact) mass is 440 g/mol. The maximum Gasteiger partial charge on any atom is 0.271 e. The van der Waals surface area contributed by atoms with E-state index in [1.807, 2.05) is 24.3 Å². The number of Topliss-reactive ketones (excluding diaryl/α,β-unsaturated/α-hetero) is 1. The SMILES string of the molecule is O=C1CCCC2=C1C(c1ccc(Br)cc1)CC(=O)N2c1cccc([N+](=O)[O-])c1. The van der Waals surface area contributed by atoms with Crippen molar-refractivity contribution < 1.29 is 14.5 Å². The van der Waals surface area contributed by atoms with Crippen molar-refractivity contribution in [3.63, 3.8) is 0 Å². The van der Waals surface area contributed by atoms with E-state index in [9.17, 15) is 19.7 Å². The van der Waals surface area contributed by atoms with Crippen LogP contribution in [0, 0.1) is 10.1 Å². The van der Waals surface area contributed by atoms with Crippen LogP contribution in [0.25, 0.3) is 0 Å². The molecule has 1 aliphatic heterocycles. The van der Waals surface area contributed by atoms with Crippen LogP contribution in [-0.4, -0.2) is 16.6 Å². The number of anilines is 1. The normalized spacial score (nSPS) is 19.6. The van der Waals surface area contributed by atoms with Gasteiger partial charge in [-0.2, -0.15) is 0 Å². The van der Waals surface area contributed by atoms with E-state index in [0.29, 0.717) is 36.2 Å². The molecule has 0 bridgehead atoms. The highest BCUT2D eigenvalue weighted by Gasteiger charge is 2.39. The lowest BCUT2D eigenvalue weighted by Gasteiger charge is -2.38. The second-order valence-electron chi connectivity index (χ2n) is 6.95. The van der Waals surface area contributed by atoms with Crippen molar-refractivity contribution in [2.45, 2.75) is 31.6 Å². The van der Waals surface area contributed by atoms with Crippen LogP contribution in [0.2, 0.25) is 0 Å². The lowest BCUT2D eigenvalue weighted by Crippen LogP contribution is -2.40. The zero-order valence-corrected chi connectivity index (χ0v) is 16.5. The Labute approximate surface area is 170 Å². The highest BCUT2D eigenvalue weighted by atomic mass is 79.9. The Bertz CT molecular complexity index is 1010. The van der Waals surface area contributed by atoms with E-state index in [2.05, 4.69) is 15.9 Å². The highest BCUT2D eigenvalue weighted by Crippen LogP contribution is 2.43. The molecule has 142 valence electrons. The molecule has 1 amide bonds. The lowest BCUT2D eigenvalue weighted by atomic mass is 9.77. The van der Waals surface area contributed by atoms with E-state index in [0.717, 1.165) is 10.0 Å². The van der Waals surface area contributed by atoms with Crippen LogP contribution in [0.5, 0.6) is 0 Å². The number of nitro benzene ring substituents is 1. The van der Waals surface area contributed by atoms with Gasteiger partial charge in [0.15, 0.2) is 5.78 Å². The van der Waals surface area contributed by atoms with Crippen LogP contribution < -0.4 is 4.90 Å². The first-order valence-corrected chi connectivity index (χ1v) is 9.84. The van der Waals surface area contributed by atoms with Crippen LogP contribution in [0.3, 0.4) is 0 Å². The fourth-order valence-corrected chi connectivity index (χ4v) is 4.28. The molecule has 0 spiro atoms. The summed E-state index contributed by atoms with van der Waals surface area (Å²) >= 11 is 3.41. The molecule has 0 aromatic heterocycles. The number of hydrogen-bond donors (Lipinski definition) is 0. The quantitative estimate of drug-likeness (QED) is 0.502. The summed E-state index contributed by atoms with van der Waals surface area (Å²) in [7, 11) is 0. The van der Waals surface area contributed by atoms with E-state index >= 15 is 0 Å². The summed E-state index contributed by atoms with van der Waals surface area (Å²) in [4.78, 5) is 38.1. The standard InChI is InChI=1S/C21H17BrN2O4/c22-14-9-7-13(8-10-14)17-12-20(26)23(18-5-2-6-19(25)21(17)18)15-3-1-4-16(11-15)24(27)28/h1,3-4,7-11,17H,2,5-6,12H2. The number of rotatable bonds is 3. The number of carbonyl (C=O) groups excluding carboxylic acids is 2. The van der Waals surface area contributed by atoms with Crippen LogP contribution >= 0.6 is 15.9 Å². The van der Waals surface area contributed by atoms with E-state index in [1.54, 1.807) is 12.1 Å². The van der Waals surface area contributed by atoms with Crippen molar-refractivity contribution in [2.75, 3.05) is 4.90 Å². The minimum absolute atomic E-state index is 0.0529. The summed E-state index contributed by atoms with van der Waals surface area (Å²) < 4.78 is 0.931. The van der Waals surface area contributed by atoms with Crippen LogP contribution in [-0.2, 0) is 9.59 Å². The molecule has 1 aliphatic carbocycles. The van der Waals surface area contributed by atoms with Gasteiger partial charge in [-0.05, 0) is 36.6 Å². The number of hydrogen-bond acceptors (Lipinski definition) is 4. The van der Waals surface area contributed by atoms with Gasteiger partial charge in [-0.15, -0.1) is 0 Å². The molecule has 1 heterocycles. The zero-order chi connectivity index (χ0) is 19.8. The number of benzene rings is 2. The van der Waals surface area contributed by atoms with E-state index in [-0.39, 0.29) is 29.7 Å². The number of halogens is 1. The Morgan fingerprint density at radius 2 is 1.82 bits per heavy atom. The van der Waals surface area contributed by atoms with Crippen molar-refractivity contribution >= 4 is 39.0 Å². The molecule has 0 fully saturated rings. The lowest BCUT2D eigenvalue weighted by molar-refractivity contribution is -0.384. The van der Waals surface area contributed by atoms with Gasteiger partial charge in [-0.1, -0.05) is 34.1 Å². The first kappa shape index (κ1) is 18.6. The first-order chi connectivity index (χ1) is 13.5. The molecule has 0 N–H and O–H groups in total. The van der Waals surface area contributed by atoms with Crippen molar-refractivity contribution in [1.29, 1.82) is 0 Å². The summed E-state index contributed by atoms with van der Waals surface area (Å²) in [6.45, 7) is 0. The highest BCUT2D eigenvalue weighted by molar-refractivity contribution is 9.10. The van der Waals surface area contributed by atoms with Crippen LogP contribution in [0.15, 0.2) is 64.3 Å². The number of nitrogens with zero attached hydrogens (tertiary/aromatic N) is 2. The molecule has 1 unspecified atom stereocenters. The molecule has 0 saturated heterocycles. The van der Waals surface area contributed by atoms with Gasteiger partial charge in [0, 0.05) is 46.6 Å². The van der Waals surface area contributed by atoms with Gasteiger partial charge in [0.2, 0.25) is 5.91 Å². The number of allylic oxidation sites excluding steroid dienone is 2. The predicted octanol–water partition coefficient (Wildman–Crippen LogP) is 4.88. The van der Waals surface area contributed by atoms with Gasteiger partial charge < -0.3 is 0 Å². The number of carbonyl (C=O) groups is 2. The second kappa shape index (κ2) is 7.31. The number of non-ortho nitro benzene ring substituents is 1. The Morgan fingerprint density at radius 3 is 2.54 bits per heavy atom. The Balaban J connectivity index is 1.84. The van der Waals surface area contributed by atoms with Gasteiger partial charge in [-0.25, -0.2) is 0 Å². The van der Waals surface area contributed by atoms with Gasteiger partial charge >= 0.3 is 0 Å². The van der Waals surface area contributed by atoms with Crippen molar-refractivity contribution in [1.82, 2.24) is 0 Å². The van der Waals surface area contributed by atoms with Gasteiger partial charge in [-0.3, -0.25) is 24.6 Å². The maximum absolute atomic E-state index is 13.1. The topological polar surface area (TPSA) is 80.5 Å². The zero-order valence-electron chi connectivity index (χ0n) is 14.9. The summed E-state index contributed by atoms with van der Waals surface area (Å²) in [6, 6.07) is 13.7. The molecule has 0 radical (unpaired) electrons. The number of ketones is 1. The number of nitro groups is 1. The molecule has 2 aromatic carbocycles. The van der Waals surface area contributed by atoms with Crippen molar-refractivity contribution in [3.05, 3.63) is 80.0 Å². The summed E-state index contributed by atoms with van der Waals surface area (Å²) in [5, 5.41) is 11.1. The first-order valence-electron chi connectivity index (χ1n) is 9.05. The third kappa shape index (κ3) is 3.26. The average Bonchev–Trinajstić information content (AvgIpc) is 2.68. The Morgan fingerprint density at radius 1 is 1.07 bits per heavy atom. The Hall–Kier alpha value is -2.80. The third-order valence-electron chi connectivity index (χ3n) is 5.25. The van der Waals surface area contributed by atoms with Crippen LogP contribution in [0.1, 0.15) is 37.2 Å². The fourth-order valence-electron chi connectivity index (χ4n) is 4.02. The molecule has 4 rings (SSSR count). The van der Waals surface area contributed by atoms with Crippen LogP contribution in [0.4, 0.5) is 11.4 Å². The van der Waals surface area contributed by atoms with Crippen molar-refractivity contribution in [3.8, 4) is 0 Å². The maximum atomic E-state index is 13.1. The largest absolute Gasteiger partial charge is 0.294 e. The third-order valence-corrected chi connectivity index (χ3v) is 5.78. The Kier molecular flexibility index (Phi) is 4.85. The smallest absolute Gasteiger partial charge is 0.271 e. The molecule has 0 saturated carbocycles. The molecule has 28 heavy (non-hydrogen) atoms. The molecule has 1 atom stereocenters. The van der Waals surface area contributed by atoms with Gasteiger partial charge in [0.25, 0.3) is 5.69 Å². The van der Waals surface area contributed by atoms with E-state index in [4.69, 9.17) is 0 Å². The summed E-state index contributed by atoms with van der Waals surface area (Å²) in [5.41, 5.74) is 2.64. The predicted molar refractivity (Wildman–Crippen MR) is 108 cm³/mol. The molecular formula is C21H17BrN2O4. The number of amides is 1.